The number of rotatable bonds is 4. The summed E-state index contributed by atoms with van der Waals surface area (Å²) in [6.45, 7) is 1.66. The lowest BCUT2D eigenvalue weighted by Crippen LogP contribution is -2.25. The third kappa shape index (κ3) is 3.03. The van der Waals surface area contributed by atoms with Crippen LogP contribution in [0.15, 0.2) is 28.6 Å². The lowest BCUT2D eigenvalue weighted by atomic mass is 10.3. The topological polar surface area (TPSA) is 31.4 Å². The van der Waals surface area contributed by atoms with Gasteiger partial charge in [0.1, 0.15) is 0 Å². The van der Waals surface area contributed by atoms with Crippen LogP contribution < -0.4 is 0 Å². The molecule has 0 amide bonds. The van der Waals surface area contributed by atoms with Gasteiger partial charge in [0.05, 0.1) is 23.4 Å². The Morgan fingerprint density at radius 1 is 1.28 bits per heavy atom. The Morgan fingerprint density at radius 3 is 2.94 bits per heavy atom. The van der Waals surface area contributed by atoms with E-state index in [1.807, 2.05) is 6.07 Å². The molecule has 1 aromatic carbocycles. The van der Waals surface area contributed by atoms with Crippen LogP contribution in [0.25, 0.3) is 10.2 Å². The first-order valence-corrected chi connectivity index (χ1v) is 7.93. The second kappa shape index (κ2) is 6.02. The minimum atomic E-state index is -0.0133. The van der Waals surface area contributed by atoms with Crippen molar-refractivity contribution in [3.05, 3.63) is 24.3 Å². The Balaban J connectivity index is 1.53. The molecule has 1 fully saturated rings. The summed E-state index contributed by atoms with van der Waals surface area (Å²) in [5, 5.41) is 0. The summed E-state index contributed by atoms with van der Waals surface area (Å²) < 4.78 is 13.4. The molecule has 96 valence electrons. The van der Waals surface area contributed by atoms with Crippen molar-refractivity contribution < 1.29 is 9.47 Å². The van der Waals surface area contributed by atoms with Crippen LogP contribution in [0.4, 0.5) is 0 Å². The molecule has 5 heteroatoms. The molecule has 1 aromatic heterocycles. The highest BCUT2D eigenvalue weighted by molar-refractivity contribution is 8.01. The van der Waals surface area contributed by atoms with E-state index < -0.39 is 0 Å². The number of nitrogens with zero attached hydrogens (tertiary/aromatic N) is 1. The molecule has 3 nitrogen and oxygen atoms in total. The number of fused-ring (bicyclic) bond motifs is 1. The third-order valence-corrected chi connectivity index (χ3v) is 4.96. The summed E-state index contributed by atoms with van der Waals surface area (Å²) in [4.78, 5) is 4.60. The SMILES string of the molecule is c1ccc2sc(SCCC3OCCCO3)nc2c1. The van der Waals surface area contributed by atoms with Gasteiger partial charge < -0.3 is 9.47 Å². The number of benzene rings is 1. The fourth-order valence-electron chi connectivity index (χ4n) is 1.86. The van der Waals surface area contributed by atoms with E-state index in [1.165, 1.54) is 4.70 Å². The molecule has 0 N–H and O–H groups in total. The average Bonchev–Trinajstić information content (AvgIpc) is 2.82. The van der Waals surface area contributed by atoms with Crippen LogP contribution in [-0.4, -0.2) is 30.2 Å². The summed E-state index contributed by atoms with van der Waals surface area (Å²) in [6, 6.07) is 8.26. The van der Waals surface area contributed by atoms with Crippen LogP contribution >= 0.6 is 23.1 Å². The van der Waals surface area contributed by atoms with Gasteiger partial charge in [-0.25, -0.2) is 4.98 Å². The highest BCUT2D eigenvalue weighted by Crippen LogP contribution is 2.30. The summed E-state index contributed by atoms with van der Waals surface area (Å²) in [5.74, 6) is 0.991. The second-order valence-corrected chi connectivity index (χ2v) is 6.48. The predicted octanol–water partition coefficient (Wildman–Crippen LogP) is 3.54. The lowest BCUT2D eigenvalue weighted by Gasteiger charge is -2.22. The number of para-hydroxylation sites is 1. The van der Waals surface area contributed by atoms with E-state index in [4.69, 9.17) is 9.47 Å². The van der Waals surface area contributed by atoms with Crippen molar-refractivity contribution in [2.45, 2.75) is 23.5 Å². The van der Waals surface area contributed by atoms with E-state index in [0.717, 1.165) is 41.7 Å². The van der Waals surface area contributed by atoms with Gasteiger partial charge in [-0.3, -0.25) is 0 Å². The van der Waals surface area contributed by atoms with Gasteiger partial charge in [0.25, 0.3) is 0 Å². The van der Waals surface area contributed by atoms with Crippen molar-refractivity contribution in [3.8, 4) is 0 Å². The molecule has 18 heavy (non-hydrogen) atoms. The summed E-state index contributed by atoms with van der Waals surface area (Å²) in [6.07, 6.45) is 1.93. The quantitative estimate of drug-likeness (QED) is 0.802. The van der Waals surface area contributed by atoms with E-state index >= 15 is 0 Å². The number of hydrogen-bond donors (Lipinski definition) is 0. The van der Waals surface area contributed by atoms with E-state index in [0.29, 0.717) is 0 Å². The van der Waals surface area contributed by atoms with E-state index in [9.17, 15) is 0 Å². The number of hydrogen-bond acceptors (Lipinski definition) is 5. The van der Waals surface area contributed by atoms with Crippen molar-refractivity contribution in [3.63, 3.8) is 0 Å². The molecule has 0 aliphatic carbocycles. The summed E-state index contributed by atoms with van der Waals surface area (Å²) in [5.41, 5.74) is 1.09. The molecule has 0 atom stereocenters. The van der Waals surface area contributed by atoms with Crippen molar-refractivity contribution >= 4 is 33.3 Å². The monoisotopic (exact) mass is 281 g/mol. The molecule has 0 bridgehead atoms. The zero-order chi connectivity index (χ0) is 12.2. The smallest absolute Gasteiger partial charge is 0.158 e. The molecule has 2 heterocycles. The van der Waals surface area contributed by atoms with Crippen LogP contribution in [-0.2, 0) is 9.47 Å². The lowest BCUT2D eigenvalue weighted by molar-refractivity contribution is -0.178. The zero-order valence-corrected chi connectivity index (χ0v) is 11.6. The molecule has 0 unspecified atom stereocenters. The largest absolute Gasteiger partial charge is 0.353 e. The van der Waals surface area contributed by atoms with Crippen LogP contribution in [0.2, 0.25) is 0 Å². The molecule has 0 spiro atoms. The van der Waals surface area contributed by atoms with Gasteiger partial charge in [0.15, 0.2) is 10.6 Å². The number of thiazole rings is 1. The van der Waals surface area contributed by atoms with Gasteiger partial charge >= 0.3 is 0 Å². The molecular formula is C13H15NO2S2. The fraction of sp³-hybridized carbons (Fsp3) is 0.462. The molecule has 3 rings (SSSR count). The van der Waals surface area contributed by atoms with Gasteiger partial charge in [-0.1, -0.05) is 23.9 Å². The second-order valence-electron chi connectivity index (χ2n) is 4.11. The maximum absolute atomic E-state index is 5.52. The van der Waals surface area contributed by atoms with Crippen molar-refractivity contribution in [2.75, 3.05) is 19.0 Å². The average molecular weight is 281 g/mol. The highest BCUT2D eigenvalue weighted by atomic mass is 32.2. The van der Waals surface area contributed by atoms with Crippen molar-refractivity contribution in [2.24, 2.45) is 0 Å². The minimum absolute atomic E-state index is 0.0133. The maximum atomic E-state index is 5.52. The van der Waals surface area contributed by atoms with E-state index in [-0.39, 0.29) is 6.29 Å². The van der Waals surface area contributed by atoms with Gasteiger partial charge in [-0.15, -0.1) is 11.3 Å². The van der Waals surface area contributed by atoms with Crippen molar-refractivity contribution in [1.82, 2.24) is 4.98 Å². The Hall–Kier alpha value is -0.620. The normalized spacial score (nSPS) is 17.3. The minimum Gasteiger partial charge on any atom is -0.353 e. The maximum Gasteiger partial charge on any atom is 0.158 e. The highest BCUT2D eigenvalue weighted by Gasteiger charge is 2.14. The predicted molar refractivity (Wildman–Crippen MR) is 75.3 cm³/mol. The molecule has 1 saturated heterocycles. The molecular weight excluding hydrogens is 266 g/mol. The molecule has 1 aliphatic rings. The molecule has 0 radical (unpaired) electrons. The first-order valence-electron chi connectivity index (χ1n) is 6.13. The summed E-state index contributed by atoms with van der Waals surface area (Å²) >= 11 is 3.54. The first-order chi connectivity index (χ1) is 8.92. The van der Waals surface area contributed by atoms with Crippen LogP contribution in [0.1, 0.15) is 12.8 Å². The first kappa shape index (κ1) is 12.4. The van der Waals surface area contributed by atoms with Gasteiger partial charge in [0, 0.05) is 12.2 Å². The van der Waals surface area contributed by atoms with Gasteiger partial charge in [-0.05, 0) is 18.6 Å². The molecule has 1 aliphatic heterocycles. The van der Waals surface area contributed by atoms with E-state index in [1.54, 1.807) is 23.1 Å². The number of ether oxygens (including phenoxy) is 2. The molecule has 2 aromatic rings. The van der Waals surface area contributed by atoms with Crippen molar-refractivity contribution in [1.29, 1.82) is 0 Å². The Morgan fingerprint density at radius 2 is 2.11 bits per heavy atom. The van der Waals surface area contributed by atoms with Crippen LogP contribution in [0.3, 0.4) is 0 Å². The Bertz CT molecular complexity index is 475. The standard InChI is InChI=1S/C13H15NO2S2/c1-2-5-11-10(4-1)14-13(18-11)17-9-6-12-15-7-3-8-16-12/h1-2,4-5,12H,3,6-9H2. The number of thioether (sulfide) groups is 1. The fourth-order valence-corrected chi connectivity index (χ4v) is 3.96. The van der Waals surface area contributed by atoms with E-state index in [2.05, 4.69) is 23.2 Å². The zero-order valence-electron chi connectivity index (χ0n) is 10.0. The summed E-state index contributed by atoms with van der Waals surface area (Å²) in [7, 11) is 0. The Kier molecular flexibility index (Phi) is 4.15. The van der Waals surface area contributed by atoms with Gasteiger partial charge in [-0.2, -0.15) is 0 Å². The van der Waals surface area contributed by atoms with Gasteiger partial charge in [0.2, 0.25) is 0 Å². The Labute approximate surface area is 115 Å². The van der Waals surface area contributed by atoms with Crippen LogP contribution in [0.5, 0.6) is 0 Å². The van der Waals surface area contributed by atoms with Crippen LogP contribution in [0, 0.1) is 0 Å². The number of aromatic nitrogens is 1. The third-order valence-electron chi connectivity index (χ3n) is 2.75. The molecule has 0 saturated carbocycles.